The van der Waals surface area contributed by atoms with Crippen molar-refractivity contribution < 1.29 is 4.79 Å². The summed E-state index contributed by atoms with van der Waals surface area (Å²) in [6.07, 6.45) is 2.50. The van der Waals surface area contributed by atoms with Crippen LogP contribution in [0.5, 0.6) is 0 Å². The minimum atomic E-state index is -0.0351. The largest absolute Gasteiger partial charge is 0.349 e. The fourth-order valence-electron chi connectivity index (χ4n) is 1.98. The lowest BCUT2D eigenvalue weighted by atomic mass is 10.1. The van der Waals surface area contributed by atoms with E-state index >= 15 is 0 Å². The predicted octanol–water partition coefficient (Wildman–Crippen LogP) is 2.75. The number of pyridine rings is 1. The van der Waals surface area contributed by atoms with E-state index in [-0.39, 0.29) is 11.9 Å². The summed E-state index contributed by atoms with van der Waals surface area (Å²) in [7, 11) is 0. The maximum Gasteiger partial charge on any atom is 0.251 e. The first-order valence-corrected chi connectivity index (χ1v) is 6.42. The molecule has 19 heavy (non-hydrogen) atoms. The lowest BCUT2D eigenvalue weighted by molar-refractivity contribution is 0.0940. The Morgan fingerprint density at radius 2 is 2.11 bits per heavy atom. The smallest absolute Gasteiger partial charge is 0.251 e. The molecule has 2 aromatic rings. The fourth-order valence-corrected chi connectivity index (χ4v) is 1.98. The second-order valence-corrected chi connectivity index (χ2v) is 4.77. The molecule has 0 aliphatic heterocycles. The van der Waals surface area contributed by atoms with Crippen LogP contribution in [0.2, 0.25) is 0 Å². The number of carbonyl (C=O) groups is 1. The van der Waals surface area contributed by atoms with Crippen LogP contribution in [0, 0.1) is 6.92 Å². The topological polar surface area (TPSA) is 42.0 Å². The van der Waals surface area contributed by atoms with Gasteiger partial charge in [-0.25, -0.2) is 0 Å². The summed E-state index contributed by atoms with van der Waals surface area (Å²) < 4.78 is 0. The van der Waals surface area contributed by atoms with Crippen LogP contribution in [0.15, 0.2) is 48.7 Å². The molecule has 1 heterocycles. The Hall–Kier alpha value is -2.16. The second-order valence-electron chi connectivity index (χ2n) is 4.77. The molecule has 0 radical (unpaired) electrons. The summed E-state index contributed by atoms with van der Waals surface area (Å²) in [5.74, 6) is -0.0351. The van der Waals surface area contributed by atoms with Crippen LogP contribution in [0.25, 0.3) is 0 Å². The molecule has 1 N–H and O–H groups in total. The van der Waals surface area contributed by atoms with Crippen molar-refractivity contribution in [1.82, 2.24) is 10.3 Å². The molecule has 0 fully saturated rings. The first kappa shape index (κ1) is 13.3. The molecule has 1 amide bonds. The van der Waals surface area contributed by atoms with Gasteiger partial charge >= 0.3 is 0 Å². The van der Waals surface area contributed by atoms with Crippen molar-refractivity contribution in [3.05, 3.63) is 65.5 Å². The van der Waals surface area contributed by atoms with Crippen LogP contribution in [-0.2, 0) is 6.42 Å². The van der Waals surface area contributed by atoms with E-state index < -0.39 is 0 Å². The van der Waals surface area contributed by atoms with Gasteiger partial charge in [0.15, 0.2) is 0 Å². The molecule has 3 nitrogen and oxygen atoms in total. The van der Waals surface area contributed by atoms with Crippen molar-refractivity contribution in [3.8, 4) is 0 Å². The SMILES string of the molecule is Cc1cccc(C(=O)NC(C)Cc2ccccn2)c1. The lowest BCUT2D eigenvalue weighted by Crippen LogP contribution is -2.34. The molecule has 0 aliphatic carbocycles. The molecule has 2 rings (SSSR count). The monoisotopic (exact) mass is 254 g/mol. The highest BCUT2D eigenvalue weighted by atomic mass is 16.1. The molecule has 0 bridgehead atoms. The highest BCUT2D eigenvalue weighted by Crippen LogP contribution is 2.05. The Kier molecular flexibility index (Phi) is 4.29. The maximum atomic E-state index is 12.1. The summed E-state index contributed by atoms with van der Waals surface area (Å²) in [5.41, 5.74) is 2.78. The van der Waals surface area contributed by atoms with Gasteiger partial charge in [0.2, 0.25) is 0 Å². The first-order valence-electron chi connectivity index (χ1n) is 6.42. The van der Waals surface area contributed by atoms with E-state index in [0.717, 1.165) is 17.7 Å². The molecule has 1 aromatic carbocycles. The second kappa shape index (κ2) is 6.14. The zero-order valence-corrected chi connectivity index (χ0v) is 11.3. The summed E-state index contributed by atoms with van der Waals surface area (Å²) in [6, 6.07) is 13.5. The Bertz CT molecular complexity index is 552. The molecule has 0 saturated carbocycles. The van der Waals surface area contributed by atoms with Crippen LogP contribution >= 0.6 is 0 Å². The molecule has 3 heteroatoms. The van der Waals surface area contributed by atoms with Crippen molar-refractivity contribution in [3.63, 3.8) is 0 Å². The van der Waals surface area contributed by atoms with Crippen molar-refractivity contribution in [2.45, 2.75) is 26.3 Å². The number of aryl methyl sites for hydroxylation is 1. The van der Waals surface area contributed by atoms with Gasteiger partial charge in [0.05, 0.1) is 0 Å². The van der Waals surface area contributed by atoms with Gasteiger partial charge in [0, 0.05) is 29.9 Å². The summed E-state index contributed by atoms with van der Waals surface area (Å²) >= 11 is 0. The zero-order valence-electron chi connectivity index (χ0n) is 11.3. The number of amides is 1. The van der Waals surface area contributed by atoms with Crippen molar-refractivity contribution in [1.29, 1.82) is 0 Å². The van der Waals surface area contributed by atoms with Crippen LogP contribution in [0.1, 0.15) is 28.5 Å². The van der Waals surface area contributed by atoms with E-state index in [1.807, 2.05) is 56.3 Å². The zero-order chi connectivity index (χ0) is 13.7. The minimum Gasteiger partial charge on any atom is -0.349 e. The molecule has 1 unspecified atom stereocenters. The third-order valence-electron chi connectivity index (χ3n) is 2.90. The summed E-state index contributed by atoms with van der Waals surface area (Å²) in [5, 5.41) is 2.99. The normalized spacial score (nSPS) is 11.9. The molecule has 0 aliphatic rings. The minimum absolute atomic E-state index is 0.0351. The maximum absolute atomic E-state index is 12.1. The predicted molar refractivity (Wildman–Crippen MR) is 76.0 cm³/mol. The van der Waals surface area contributed by atoms with Crippen LogP contribution < -0.4 is 5.32 Å². The molecule has 1 aromatic heterocycles. The third-order valence-corrected chi connectivity index (χ3v) is 2.90. The van der Waals surface area contributed by atoms with Gasteiger partial charge < -0.3 is 5.32 Å². The number of hydrogen-bond acceptors (Lipinski definition) is 2. The van der Waals surface area contributed by atoms with Crippen molar-refractivity contribution >= 4 is 5.91 Å². The van der Waals surface area contributed by atoms with Gasteiger partial charge in [-0.2, -0.15) is 0 Å². The standard InChI is InChI=1S/C16H18N2O/c1-12-6-5-7-14(10-12)16(19)18-13(2)11-15-8-3-4-9-17-15/h3-10,13H,11H2,1-2H3,(H,18,19). The Morgan fingerprint density at radius 1 is 1.26 bits per heavy atom. The average Bonchev–Trinajstić information content (AvgIpc) is 2.39. The lowest BCUT2D eigenvalue weighted by Gasteiger charge is -2.13. The van der Waals surface area contributed by atoms with Crippen LogP contribution in [0.4, 0.5) is 0 Å². The van der Waals surface area contributed by atoms with E-state index in [9.17, 15) is 4.79 Å². The van der Waals surface area contributed by atoms with E-state index in [0.29, 0.717) is 5.56 Å². The average molecular weight is 254 g/mol. The molecular formula is C16H18N2O. The molecular weight excluding hydrogens is 236 g/mol. The number of carbonyl (C=O) groups excluding carboxylic acids is 1. The van der Waals surface area contributed by atoms with Crippen molar-refractivity contribution in [2.75, 3.05) is 0 Å². The summed E-state index contributed by atoms with van der Waals surface area (Å²) in [4.78, 5) is 16.3. The fraction of sp³-hybridized carbons (Fsp3) is 0.250. The molecule has 98 valence electrons. The van der Waals surface area contributed by atoms with Crippen molar-refractivity contribution in [2.24, 2.45) is 0 Å². The molecule has 0 spiro atoms. The van der Waals surface area contributed by atoms with Gasteiger partial charge in [-0.3, -0.25) is 9.78 Å². The highest BCUT2D eigenvalue weighted by Gasteiger charge is 2.10. The third kappa shape index (κ3) is 3.91. The van der Waals surface area contributed by atoms with Crippen LogP contribution in [-0.4, -0.2) is 16.9 Å². The number of nitrogens with one attached hydrogen (secondary N) is 1. The van der Waals surface area contributed by atoms with Gasteiger partial charge in [-0.15, -0.1) is 0 Å². The number of hydrogen-bond donors (Lipinski definition) is 1. The first-order chi connectivity index (χ1) is 9.15. The van der Waals surface area contributed by atoms with E-state index in [2.05, 4.69) is 10.3 Å². The molecule has 1 atom stereocenters. The number of benzene rings is 1. The number of aromatic nitrogens is 1. The highest BCUT2D eigenvalue weighted by molar-refractivity contribution is 5.94. The van der Waals surface area contributed by atoms with Gasteiger partial charge in [-0.1, -0.05) is 23.8 Å². The van der Waals surface area contributed by atoms with Gasteiger partial charge in [0.1, 0.15) is 0 Å². The van der Waals surface area contributed by atoms with E-state index in [1.54, 1.807) is 6.20 Å². The Morgan fingerprint density at radius 3 is 2.79 bits per heavy atom. The van der Waals surface area contributed by atoms with Crippen LogP contribution in [0.3, 0.4) is 0 Å². The van der Waals surface area contributed by atoms with Gasteiger partial charge in [-0.05, 0) is 38.1 Å². The Labute approximate surface area is 113 Å². The van der Waals surface area contributed by atoms with Gasteiger partial charge in [0.25, 0.3) is 5.91 Å². The number of rotatable bonds is 4. The summed E-state index contributed by atoms with van der Waals surface area (Å²) in [6.45, 7) is 3.97. The number of nitrogens with zero attached hydrogens (tertiary/aromatic N) is 1. The van der Waals surface area contributed by atoms with E-state index in [1.165, 1.54) is 0 Å². The molecule has 0 saturated heterocycles. The van der Waals surface area contributed by atoms with E-state index in [4.69, 9.17) is 0 Å². The Balaban J connectivity index is 1.95. The quantitative estimate of drug-likeness (QED) is 0.911.